The predicted molar refractivity (Wildman–Crippen MR) is 95.5 cm³/mol. The Morgan fingerprint density at radius 3 is 2.23 bits per heavy atom. The fourth-order valence-electron chi connectivity index (χ4n) is 2.78. The van der Waals surface area contributed by atoms with Crippen molar-refractivity contribution in [3.63, 3.8) is 0 Å². The average Bonchev–Trinajstić information content (AvgIpc) is 3.50. The maximum absolute atomic E-state index is 13.2. The maximum atomic E-state index is 13.2. The van der Waals surface area contributed by atoms with Crippen LogP contribution in [0.4, 0.5) is 32.0 Å². The number of anilines is 1. The molecule has 5 nitrogen and oxygen atoms in total. The van der Waals surface area contributed by atoms with E-state index >= 15 is 0 Å². The van der Waals surface area contributed by atoms with Gasteiger partial charge in [0.25, 0.3) is 0 Å². The molecule has 166 valence electrons. The number of carboxylic acids is 1. The molecule has 0 heterocycles. The second-order valence-corrected chi connectivity index (χ2v) is 6.93. The Kier molecular flexibility index (Phi) is 5.88. The van der Waals surface area contributed by atoms with Gasteiger partial charge in [-0.05, 0) is 43.2 Å². The summed E-state index contributed by atoms with van der Waals surface area (Å²) in [5, 5.41) is 11.8. The van der Waals surface area contributed by atoms with Crippen LogP contribution in [0.2, 0.25) is 0 Å². The quantitative estimate of drug-likeness (QED) is 0.586. The van der Waals surface area contributed by atoms with Crippen LogP contribution in [0.25, 0.3) is 0 Å². The highest BCUT2D eigenvalue weighted by atomic mass is 19.4. The fraction of sp³-hybridized carbons (Fsp3) is 0.300. The first-order valence-corrected chi connectivity index (χ1v) is 8.94. The van der Waals surface area contributed by atoms with Gasteiger partial charge in [0.15, 0.2) is 0 Å². The van der Waals surface area contributed by atoms with Gasteiger partial charge in [-0.3, -0.25) is 4.79 Å². The molecule has 0 saturated heterocycles. The molecule has 31 heavy (non-hydrogen) atoms. The zero-order valence-electron chi connectivity index (χ0n) is 15.6. The lowest BCUT2D eigenvalue weighted by molar-refractivity contribution is -0.143. The molecule has 0 spiro atoms. The number of aromatic carboxylic acids is 1. The molecule has 1 amide bonds. The van der Waals surface area contributed by atoms with Crippen molar-refractivity contribution < 1.29 is 45.8 Å². The van der Waals surface area contributed by atoms with Crippen LogP contribution in [0, 0.1) is 5.92 Å². The van der Waals surface area contributed by atoms with E-state index in [1.54, 1.807) is 0 Å². The highest BCUT2D eigenvalue weighted by Gasteiger charge is 2.38. The molecule has 1 saturated carbocycles. The molecule has 0 unspecified atom stereocenters. The van der Waals surface area contributed by atoms with E-state index in [-0.39, 0.29) is 34.9 Å². The lowest BCUT2D eigenvalue weighted by Crippen LogP contribution is -2.16. The van der Waals surface area contributed by atoms with Gasteiger partial charge in [-0.1, -0.05) is 6.07 Å². The van der Waals surface area contributed by atoms with E-state index in [4.69, 9.17) is 4.74 Å². The Morgan fingerprint density at radius 2 is 1.68 bits per heavy atom. The van der Waals surface area contributed by atoms with Gasteiger partial charge in [0, 0.05) is 11.5 Å². The zero-order valence-corrected chi connectivity index (χ0v) is 15.6. The molecule has 1 aliphatic rings. The molecule has 1 fully saturated rings. The molecule has 1 aliphatic carbocycles. The largest absolute Gasteiger partial charge is 0.489 e. The summed E-state index contributed by atoms with van der Waals surface area (Å²) in [7, 11) is 0. The first-order valence-electron chi connectivity index (χ1n) is 8.94. The SMILES string of the molecule is O=C(O)c1cc(OCc2ccc(C(F)(F)F)cc2C(F)(F)F)ccc1NC(=O)C1CC1. The van der Waals surface area contributed by atoms with Crippen LogP contribution in [-0.4, -0.2) is 17.0 Å². The summed E-state index contributed by atoms with van der Waals surface area (Å²) >= 11 is 0. The first-order chi connectivity index (χ1) is 14.4. The van der Waals surface area contributed by atoms with Gasteiger partial charge in [0.05, 0.1) is 22.4 Å². The maximum Gasteiger partial charge on any atom is 0.416 e. The summed E-state index contributed by atoms with van der Waals surface area (Å²) in [4.78, 5) is 23.3. The van der Waals surface area contributed by atoms with Gasteiger partial charge in [-0.2, -0.15) is 26.3 Å². The van der Waals surface area contributed by atoms with Crippen molar-refractivity contribution in [1.82, 2.24) is 0 Å². The monoisotopic (exact) mass is 447 g/mol. The Labute approximate surface area is 171 Å². The number of rotatable bonds is 6. The molecule has 2 aromatic rings. The molecule has 0 aliphatic heterocycles. The van der Waals surface area contributed by atoms with Gasteiger partial charge in [0.2, 0.25) is 5.91 Å². The van der Waals surface area contributed by atoms with Gasteiger partial charge in [-0.25, -0.2) is 4.79 Å². The Morgan fingerprint density at radius 1 is 1.00 bits per heavy atom. The number of alkyl halides is 6. The summed E-state index contributed by atoms with van der Waals surface area (Å²) < 4.78 is 83.1. The van der Waals surface area contributed by atoms with E-state index in [9.17, 15) is 41.0 Å². The topological polar surface area (TPSA) is 75.6 Å². The molecule has 3 rings (SSSR count). The van der Waals surface area contributed by atoms with Crippen LogP contribution < -0.4 is 10.1 Å². The molecule has 0 atom stereocenters. The number of benzene rings is 2. The minimum Gasteiger partial charge on any atom is -0.489 e. The summed E-state index contributed by atoms with van der Waals surface area (Å²) in [6.07, 6.45) is -8.60. The number of hydrogen-bond donors (Lipinski definition) is 2. The fourth-order valence-corrected chi connectivity index (χ4v) is 2.78. The van der Waals surface area contributed by atoms with Crippen molar-refractivity contribution >= 4 is 17.6 Å². The number of nitrogens with one attached hydrogen (secondary N) is 1. The number of halogens is 6. The Hall–Kier alpha value is -3.24. The van der Waals surface area contributed by atoms with Crippen LogP contribution in [0.3, 0.4) is 0 Å². The molecule has 2 aromatic carbocycles. The van der Waals surface area contributed by atoms with E-state index < -0.39 is 41.6 Å². The molecular formula is C20H15F6NO4. The number of carbonyl (C=O) groups excluding carboxylic acids is 1. The van der Waals surface area contributed by atoms with Crippen molar-refractivity contribution in [1.29, 1.82) is 0 Å². The number of carbonyl (C=O) groups is 2. The normalized spacial score (nSPS) is 14.3. The van der Waals surface area contributed by atoms with Crippen molar-refractivity contribution in [2.75, 3.05) is 5.32 Å². The standard InChI is InChI=1S/C20H15F6NO4/c21-19(22,23)12-4-3-11(15(7-12)20(24,25)26)9-31-13-5-6-16(14(8-13)18(29)30)27-17(28)10-1-2-10/h3-8,10H,1-2,9H2,(H,27,28)(H,29,30). The molecule has 0 aromatic heterocycles. The summed E-state index contributed by atoms with van der Waals surface area (Å²) in [6.45, 7) is -0.750. The number of amides is 1. The molecule has 0 radical (unpaired) electrons. The molecule has 11 heteroatoms. The van der Waals surface area contributed by atoms with Gasteiger partial charge in [-0.15, -0.1) is 0 Å². The minimum atomic E-state index is -5.05. The number of ether oxygens (including phenoxy) is 1. The number of hydrogen-bond acceptors (Lipinski definition) is 3. The second kappa shape index (κ2) is 8.12. The van der Waals surface area contributed by atoms with Crippen LogP contribution in [0.1, 0.15) is 39.9 Å². The number of carboxylic acid groups (broad SMARTS) is 1. The van der Waals surface area contributed by atoms with Gasteiger partial charge >= 0.3 is 18.3 Å². The van der Waals surface area contributed by atoms with E-state index in [0.29, 0.717) is 25.0 Å². The van der Waals surface area contributed by atoms with Crippen molar-refractivity contribution in [2.45, 2.75) is 31.8 Å². The van der Waals surface area contributed by atoms with Crippen molar-refractivity contribution in [3.05, 3.63) is 58.7 Å². The van der Waals surface area contributed by atoms with Crippen molar-refractivity contribution in [2.24, 2.45) is 5.92 Å². The van der Waals surface area contributed by atoms with Crippen molar-refractivity contribution in [3.8, 4) is 5.75 Å². The minimum absolute atomic E-state index is 0.00209. The lowest BCUT2D eigenvalue weighted by atomic mass is 10.0. The third-order valence-electron chi connectivity index (χ3n) is 4.56. The van der Waals surface area contributed by atoms with Gasteiger partial charge < -0.3 is 15.2 Å². The molecule has 2 N–H and O–H groups in total. The van der Waals surface area contributed by atoms with Crippen LogP contribution in [0.5, 0.6) is 5.75 Å². The van der Waals surface area contributed by atoms with E-state index in [2.05, 4.69) is 5.32 Å². The lowest BCUT2D eigenvalue weighted by Gasteiger charge is -2.17. The van der Waals surface area contributed by atoms with Gasteiger partial charge in [0.1, 0.15) is 12.4 Å². The Balaban J connectivity index is 1.82. The van der Waals surface area contributed by atoms with E-state index in [0.717, 1.165) is 6.07 Å². The second-order valence-electron chi connectivity index (χ2n) is 6.93. The smallest absolute Gasteiger partial charge is 0.416 e. The van der Waals surface area contributed by atoms with Crippen LogP contribution >= 0.6 is 0 Å². The highest BCUT2D eigenvalue weighted by Crippen LogP contribution is 2.38. The predicted octanol–water partition coefficient (Wildman–Crippen LogP) is 5.35. The summed E-state index contributed by atoms with van der Waals surface area (Å²) in [5.41, 5.74) is -3.85. The Bertz CT molecular complexity index is 1010. The van der Waals surface area contributed by atoms with Crippen LogP contribution in [0.15, 0.2) is 36.4 Å². The molecule has 0 bridgehead atoms. The van der Waals surface area contributed by atoms with Crippen LogP contribution in [-0.2, 0) is 23.8 Å². The summed E-state index contributed by atoms with van der Waals surface area (Å²) in [6, 6.07) is 4.66. The third kappa shape index (κ3) is 5.47. The molecular weight excluding hydrogens is 432 g/mol. The first kappa shape index (κ1) is 22.4. The average molecular weight is 447 g/mol. The van der Waals surface area contributed by atoms with E-state index in [1.165, 1.54) is 12.1 Å². The van der Waals surface area contributed by atoms with E-state index in [1.807, 2.05) is 0 Å². The summed E-state index contributed by atoms with van der Waals surface area (Å²) in [5.74, 6) is -2.05. The zero-order chi connectivity index (χ0) is 23.0. The highest BCUT2D eigenvalue weighted by molar-refractivity contribution is 6.02. The third-order valence-corrected chi connectivity index (χ3v) is 4.56.